The fourth-order valence-electron chi connectivity index (χ4n) is 3.17. The Kier molecular flexibility index (Phi) is 9.11. The summed E-state index contributed by atoms with van der Waals surface area (Å²) >= 11 is 0. The van der Waals surface area contributed by atoms with Crippen molar-refractivity contribution in [2.45, 2.75) is 77.6 Å². The van der Waals surface area contributed by atoms with Gasteiger partial charge in [-0.25, -0.2) is 0 Å². The van der Waals surface area contributed by atoms with E-state index in [4.69, 9.17) is 5.11 Å². The van der Waals surface area contributed by atoms with Gasteiger partial charge >= 0.3 is 5.97 Å². The number of rotatable bonds is 11. The van der Waals surface area contributed by atoms with Crippen LogP contribution in [0.3, 0.4) is 0 Å². The highest BCUT2D eigenvalue weighted by Crippen LogP contribution is 2.31. The van der Waals surface area contributed by atoms with Crippen LogP contribution >= 0.6 is 0 Å². The van der Waals surface area contributed by atoms with Crippen LogP contribution in [0.2, 0.25) is 0 Å². The van der Waals surface area contributed by atoms with Gasteiger partial charge in [0.05, 0.1) is 11.8 Å². The van der Waals surface area contributed by atoms with Crippen molar-refractivity contribution in [3.05, 3.63) is 0 Å². The fraction of sp³-hybridized carbons (Fsp3) is 0.882. The van der Waals surface area contributed by atoms with Crippen LogP contribution in [0, 0.1) is 11.8 Å². The maximum absolute atomic E-state index is 12.0. The largest absolute Gasteiger partial charge is 0.481 e. The molecule has 1 fully saturated rings. The van der Waals surface area contributed by atoms with E-state index in [1.807, 2.05) is 0 Å². The van der Waals surface area contributed by atoms with Crippen LogP contribution in [-0.2, 0) is 9.59 Å². The van der Waals surface area contributed by atoms with Crippen LogP contribution in [0.5, 0.6) is 0 Å². The van der Waals surface area contributed by atoms with Crippen LogP contribution in [0.4, 0.5) is 0 Å². The molecule has 4 heteroatoms. The Morgan fingerprint density at radius 3 is 2.14 bits per heavy atom. The number of aliphatic carboxylic acids is 1. The molecule has 2 N–H and O–H groups in total. The molecule has 0 aromatic heterocycles. The van der Waals surface area contributed by atoms with E-state index >= 15 is 0 Å². The second-order valence-electron chi connectivity index (χ2n) is 6.25. The SMILES string of the molecule is CCCCCCCCCCNC(=O)[C@@H]1CCC[C@@H]1C(=O)O. The average Bonchev–Trinajstić information content (AvgIpc) is 2.95. The van der Waals surface area contributed by atoms with Gasteiger partial charge in [0.25, 0.3) is 0 Å². The molecular formula is C17H31NO3. The molecule has 0 saturated heterocycles. The number of hydrogen-bond donors (Lipinski definition) is 2. The van der Waals surface area contributed by atoms with Crippen molar-refractivity contribution in [1.29, 1.82) is 0 Å². The maximum Gasteiger partial charge on any atom is 0.307 e. The maximum atomic E-state index is 12.0. The van der Waals surface area contributed by atoms with E-state index in [0.717, 1.165) is 25.7 Å². The summed E-state index contributed by atoms with van der Waals surface area (Å²) in [5.41, 5.74) is 0. The molecule has 1 rings (SSSR count). The number of carboxylic acids is 1. The lowest BCUT2D eigenvalue weighted by Crippen LogP contribution is -2.35. The number of carbonyl (C=O) groups is 2. The van der Waals surface area contributed by atoms with Crippen molar-refractivity contribution < 1.29 is 14.7 Å². The predicted molar refractivity (Wildman–Crippen MR) is 84.1 cm³/mol. The molecule has 1 aliphatic carbocycles. The zero-order valence-electron chi connectivity index (χ0n) is 13.4. The van der Waals surface area contributed by atoms with Gasteiger partial charge in [0.1, 0.15) is 0 Å². The lowest BCUT2D eigenvalue weighted by Gasteiger charge is -2.15. The van der Waals surface area contributed by atoms with Gasteiger partial charge in [-0.1, -0.05) is 58.3 Å². The van der Waals surface area contributed by atoms with Gasteiger partial charge in [-0.3, -0.25) is 9.59 Å². The highest BCUT2D eigenvalue weighted by atomic mass is 16.4. The molecule has 0 radical (unpaired) electrons. The van der Waals surface area contributed by atoms with E-state index in [0.29, 0.717) is 13.0 Å². The minimum Gasteiger partial charge on any atom is -0.481 e. The van der Waals surface area contributed by atoms with E-state index in [1.165, 1.54) is 38.5 Å². The summed E-state index contributed by atoms with van der Waals surface area (Å²) in [6.45, 7) is 2.92. The van der Waals surface area contributed by atoms with Crippen molar-refractivity contribution in [2.24, 2.45) is 11.8 Å². The van der Waals surface area contributed by atoms with E-state index in [-0.39, 0.29) is 11.8 Å². The molecule has 0 aromatic rings. The monoisotopic (exact) mass is 297 g/mol. The second-order valence-corrected chi connectivity index (χ2v) is 6.25. The Balaban J connectivity index is 2.02. The minimum absolute atomic E-state index is 0.0529. The predicted octanol–water partition coefficient (Wildman–Crippen LogP) is 3.74. The summed E-state index contributed by atoms with van der Waals surface area (Å²) in [5.74, 6) is -1.65. The Morgan fingerprint density at radius 1 is 0.952 bits per heavy atom. The zero-order valence-corrected chi connectivity index (χ0v) is 13.4. The number of carboxylic acid groups (broad SMARTS) is 1. The summed E-state index contributed by atoms with van der Waals surface area (Å²) in [6.07, 6.45) is 12.2. The molecule has 0 spiro atoms. The minimum atomic E-state index is -0.820. The van der Waals surface area contributed by atoms with Crippen molar-refractivity contribution in [1.82, 2.24) is 5.32 Å². The van der Waals surface area contributed by atoms with Crippen LogP contribution < -0.4 is 5.32 Å². The number of amides is 1. The Labute approximate surface area is 128 Å². The summed E-state index contributed by atoms with van der Waals surface area (Å²) < 4.78 is 0. The molecule has 0 aromatic carbocycles. The highest BCUT2D eigenvalue weighted by molar-refractivity contribution is 5.85. The topological polar surface area (TPSA) is 66.4 Å². The quantitative estimate of drug-likeness (QED) is 0.571. The fourth-order valence-corrected chi connectivity index (χ4v) is 3.17. The third-order valence-corrected chi connectivity index (χ3v) is 4.50. The van der Waals surface area contributed by atoms with Crippen LogP contribution in [-0.4, -0.2) is 23.5 Å². The van der Waals surface area contributed by atoms with Crippen LogP contribution in [0.25, 0.3) is 0 Å². The van der Waals surface area contributed by atoms with E-state index < -0.39 is 11.9 Å². The molecule has 1 aliphatic rings. The molecule has 2 atom stereocenters. The smallest absolute Gasteiger partial charge is 0.307 e. The second kappa shape index (κ2) is 10.6. The molecule has 4 nitrogen and oxygen atoms in total. The first-order valence-electron chi connectivity index (χ1n) is 8.67. The number of nitrogens with one attached hydrogen (secondary N) is 1. The highest BCUT2D eigenvalue weighted by Gasteiger charge is 2.37. The van der Waals surface area contributed by atoms with Gasteiger partial charge in [0.2, 0.25) is 5.91 Å². The van der Waals surface area contributed by atoms with Crippen molar-refractivity contribution in [2.75, 3.05) is 6.54 Å². The first-order chi connectivity index (χ1) is 10.2. The summed E-state index contributed by atoms with van der Waals surface area (Å²) in [4.78, 5) is 23.1. The molecule has 21 heavy (non-hydrogen) atoms. The Morgan fingerprint density at radius 2 is 1.52 bits per heavy atom. The zero-order chi connectivity index (χ0) is 15.5. The molecule has 0 bridgehead atoms. The number of carbonyl (C=O) groups excluding carboxylic acids is 1. The summed E-state index contributed by atoms with van der Waals surface area (Å²) in [5, 5.41) is 12.0. The van der Waals surface area contributed by atoms with Gasteiger partial charge < -0.3 is 10.4 Å². The van der Waals surface area contributed by atoms with Crippen molar-refractivity contribution in [3.8, 4) is 0 Å². The molecule has 1 saturated carbocycles. The average molecular weight is 297 g/mol. The Hall–Kier alpha value is -1.06. The van der Waals surface area contributed by atoms with Crippen LogP contribution in [0.1, 0.15) is 77.6 Å². The molecule has 122 valence electrons. The van der Waals surface area contributed by atoms with E-state index in [1.54, 1.807) is 0 Å². The van der Waals surface area contributed by atoms with Gasteiger partial charge in [0, 0.05) is 6.54 Å². The van der Waals surface area contributed by atoms with Crippen molar-refractivity contribution in [3.63, 3.8) is 0 Å². The van der Waals surface area contributed by atoms with Gasteiger partial charge in [0.15, 0.2) is 0 Å². The third kappa shape index (κ3) is 6.96. The Bertz CT molecular complexity index is 317. The van der Waals surface area contributed by atoms with E-state index in [2.05, 4.69) is 12.2 Å². The summed E-state index contributed by atoms with van der Waals surface area (Å²) in [6, 6.07) is 0. The number of hydrogen-bond acceptors (Lipinski definition) is 2. The lowest BCUT2D eigenvalue weighted by atomic mass is 9.95. The number of unbranched alkanes of at least 4 members (excludes halogenated alkanes) is 7. The van der Waals surface area contributed by atoms with E-state index in [9.17, 15) is 9.59 Å². The molecular weight excluding hydrogens is 266 g/mol. The normalized spacial score (nSPS) is 21.4. The molecule has 0 unspecified atom stereocenters. The van der Waals surface area contributed by atoms with Gasteiger partial charge in [-0.05, 0) is 19.3 Å². The van der Waals surface area contributed by atoms with Gasteiger partial charge in [-0.2, -0.15) is 0 Å². The molecule has 0 aliphatic heterocycles. The first-order valence-corrected chi connectivity index (χ1v) is 8.67. The lowest BCUT2D eigenvalue weighted by molar-refractivity contribution is -0.146. The molecule has 1 amide bonds. The standard InChI is InChI=1S/C17H31NO3/c1-2-3-4-5-6-7-8-9-13-18-16(19)14-11-10-12-15(14)17(20)21/h14-15H,2-13H2,1H3,(H,18,19)(H,20,21)/t14-,15+/m1/s1. The first kappa shape index (κ1) is 18.0. The van der Waals surface area contributed by atoms with Crippen LogP contribution in [0.15, 0.2) is 0 Å². The van der Waals surface area contributed by atoms with Crippen molar-refractivity contribution >= 4 is 11.9 Å². The van der Waals surface area contributed by atoms with Gasteiger partial charge in [-0.15, -0.1) is 0 Å². The third-order valence-electron chi connectivity index (χ3n) is 4.50. The molecule has 0 heterocycles. The summed E-state index contributed by atoms with van der Waals surface area (Å²) in [7, 11) is 0.